The van der Waals surface area contributed by atoms with Gasteiger partial charge in [-0.25, -0.2) is 0 Å². The minimum atomic E-state index is 0.144. The van der Waals surface area contributed by atoms with Gasteiger partial charge in [0.1, 0.15) is 0 Å². The zero-order chi connectivity index (χ0) is 14.4. The molecule has 0 aliphatic carbocycles. The number of hydrogen-bond donors (Lipinski definition) is 1. The largest absolute Gasteiger partial charge is 0.395 e. The first-order valence-corrected chi connectivity index (χ1v) is 8.08. The molecule has 1 N–H and O–H groups in total. The van der Waals surface area contributed by atoms with Gasteiger partial charge in [-0.3, -0.25) is 4.90 Å². The van der Waals surface area contributed by atoms with Crippen LogP contribution in [0.2, 0.25) is 0 Å². The van der Waals surface area contributed by atoms with E-state index in [2.05, 4.69) is 47.9 Å². The monoisotopic (exact) mass is 292 g/mol. The van der Waals surface area contributed by atoms with E-state index in [1.165, 1.54) is 24.3 Å². The van der Waals surface area contributed by atoms with Crippen LogP contribution < -0.4 is 0 Å². The van der Waals surface area contributed by atoms with Crippen LogP contribution in [0, 0.1) is 11.8 Å². The van der Waals surface area contributed by atoms with E-state index in [-0.39, 0.29) is 6.61 Å². The van der Waals surface area contributed by atoms with Crippen LogP contribution >= 0.6 is 11.3 Å². The molecule has 0 saturated carbocycles. The fourth-order valence-corrected chi connectivity index (χ4v) is 3.48. The zero-order valence-electron chi connectivity index (χ0n) is 12.4. The third-order valence-electron chi connectivity index (χ3n) is 3.70. The summed E-state index contributed by atoms with van der Waals surface area (Å²) in [7, 11) is 4.35. The number of nitrogens with zero attached hydrogens (tertiary/aromatic N) is 2. The molecule has 0 amide bonds. The number of hydrogen-bond acceptors (Lipinski definition) is 4. The molecule has 0 radical (unpaired) electrons. The lowest BCUT2D eigenvalue weighted by molar-refractivity contribution is 0.129. The highest BCUT2D eigenvalue weighted by Gasteiger charge is 2.21. The minimum Gasteiger partial charge on any atom is -0.395 e. The third kappa shape index (κ3) is 4.60. The molecular formula is C16H24N2OS. The lowest BCUT2D eigenvalue weighted by atomic mass is 10.1. The molecule has 1 aliphatic heterocycles. The highest BCUT2D eigenvalue weighted by atomic mass is 32.1. The molecule has 0 aromatic carbocycles. The molecule has 110 valence electrons. The maximum atomic E-state index is 8.73. The van der Waals surface area contributed by atoms with Crippen molar-refractivity contribution < 1.29 is 5.11 Å². The second-order valence-corrected chi connectivity index (χ2v) is 6.70. The van der Waals surface area contributed by atoms with Crippen LogP contribution in [-0.4, -0.2) is 54.7 Å². The van der Waals surface area contributed by atoms with Gasteiger partial charge in [0.2, 0.25) is 0 Å². The molecule has 1 saturated heterocycles. The van der Waals surface area contributed by atoms with Gasteiger partial charge in [0.05, 0.1) is 11.5 Å². The summed E-state index contributed by atoms with van der Waals surface area (Å²) in [6, 6.07) is 4.97. The summed E-state index contributed by atoms with van der Waals surface area (Å²) in [4.78, 5) is 7.38. The van der Waals surface area contributed by atoms with Crippen molar-refractivity contribution >= 4 is 11.3 Å². The van der Waals surface area contributed by atoms with Gasteiger partial charge < -0.3 is 10.0 Å². The summed E-state index contributed by atoms with van der Waals surface area (Å²) in [5.74, 6) is 6.09. The van der Waals surface area contributed by atoms with E-state index in [1.807, 2.05) is 0 Å². The first-order valence-electron chi connectivity index (χ1n) is 7.26. The van der Waals surface area contributed by atoms with Gasteiger partial charge in [-0.05, 0) is 45.6 Å². The number of likely N-dealkylation sites (tertiary alicyclic amines) is 1. The lowest BCUT2D eigenvalue weighted by Crippen LogP contribution is -2.44. The number of aliphatic hydroxyl groups is 1. The maximum absolute atomic E-state index is 8.73. The van der Waals surface area contributed by atoms with E-state index in [0.29, 0.717) is 12.5 Å². The van der Waals surface area contributed by atoms with Crippen LogP contribution in [0.25, 0.3) is 0 Å². The highest BCUT2D eigenvalue weighted by molar-refractivity contribution is 7.12. The normalized spacial score (nSPS) is 19.9. The molecular weight excluding hydrogens is 268 g/mol. The lowest BCUT2D eigenvalue weighted by Gasteiger charge is -2.35. The first kappa shape index (κ1) is 15.5. The standard InChI is InChI=1S/C16H24N2OS/c1-17(2)14-6-5-10-18(12-14)13-16-9-8-15(20-16)7-3-4-11-19/h8-9,14,19H,4-6,10-13H2,1-2H3. The van der Waals surface area contributed by atoms with Crippen LogP contribution in [0.3, 0.4) is 0 Å². The topological polar surface area (TPSA) is 26.7 Å². The molecule has 1 unspecified atom stereocenters. The number of likely N-dealkylation sites (N-methyl/N-ethyl adjacent to an activating group) is 1. The fourth-order valence-electron chi connectivity index (χ4n) is 2.55. The molecule has 4 heteroatoms. The van der Waals surface area contributed by atoms with Crippen molar-refractivity contribution in [2.75, 3.05) is 33.8 Å². The highest BCUT2D eigenvalue weighted by Crippen LogP contribution is 2.21. The van der Waals surface area contributed by atoms with E-state index in [1.54, 1.807) is 11.3 Å². The Morgan fingerprint density at radius 3 is 3.05 bits per heavy atom. The summed E-state index contributed by atoms with van der Waals surface area (Å²) in [5.41, 5.74) is 0. The van der Waals surface area contributed by atoms with Crippen LogP contribution in [0.1, 0.15) is 29.0 Å². The Balaban J connectivity index is 1.89. The maximum Gasteiger partial charge on any atom is 0.0771 e. The van der Waals surface area contributed by atoms with Gasteiger partial charge in [0.25, 0.3) is 0 Å². The predicted octanol–water partition coefficient (Wildman–Crippen LogP) is 2.01. The summed E-state index contributed by atoms with van der Waals surface area (Å²) in [5, 5.41) is 8.73. The Labute approximate surface area is 126 Å². The molecule has 1 aromatic rings. The SMILES string of the molecule is CN(C)C1CCCN(Cc2ccc(C#CCCO)s2)C1. The van der Waals surface area contributed by atoms with E-state index in [9.17, 15) is 0 Å². The van der Waals surface area contributed by atoms with Crippen molar-refractivity contribution in [2.45, 2.75) is 31.8 Å². The molecule has 3 nitrogen and oxygen atoms in total. The summed E-state index contributed by atoms with van der Waals surface area (Å²) >= 11 is 1.78. The minimum absolute atomic E-state index is 0.144. The molecule has 0 spiro atoms. The van der Waals surface area contributed by atoms with E-state index in [0.717, 1.165) is 18.0 Å². The van der Waals surface area contributed by atoms with Gasteiger partial charge in [-0.1, -0.05) is 11.8 Å². The van der Waals surface area contributed by atoms with Gasteiger partial charge in [0.15, 0.2) is 0 Å². The van der Waals surface area contributed by atoms with Crippen molar-refractivity contribution in [3.05, 3.63) is 21.9 Å². The quantitative estimate of drug-likeness (QED) is 0.860. The second-order valence-electron chi connectivity index (χ2n) is 5.54. The predicted molar refractivity (Wildman–Crippen MR) is 84.9 cm³/mol. The van der Waals surface area contributed by atoms with Crippen LogP contribution in [0.15, 0.2) is 12.1 Å². The fraction of sp³-hybridized carbons (Fsp3) is 0.625. The Kier molecular flexibility index (Phi) is 6.06. The van der Waals surface area contributed by atoms with Crippen molar-refractivity contribution in [2.24, 2.45) is 0 Å². The molecule has 1 atom stereocenters. The summed E-state index contributed by atoms with van der Waals surface area (Å²) < 4.78 is 0. The van der Waals surface area contributed by atoms with Crippen LogP contribution in [-0.2, 0) is 6.54 Å². The number of aliphatic hydroxyl groups excluding tert-OH is 1. The Hall–Kier alpha value is -0.860. The number of thiophene rings is 1. The summed E-state index contributed by atoms with van der Waals surface area (Å²) in [6.45, 7) is 3.55. The molecule has 2 heterocycles. The Morgan fingerprint density at radius 2 is 2.30 bits per heavy atom. The first-order chi connectivity index (χ1) is 9.69. The van der Waals surface area contributed by atoms with Crippen LogP contribution in [0.4, 0.5) is 0 Å². The van der Waals surface area contributed by atoms with Gasteiger partial charge in [-0.2, -0.15) is 0 Å². The molecule has 20 heavy (non-hydrogen) atoms. The molecule has 2 rings (SSSR count). The van der Waals surface area contributed by atoms with Crippen molar-refractivity contribution in [3.63, 3.8) is 0 Å². The van der Waals surface area contributed by atoms with Crippen molar-refractivity contribution in [3.8, 4) is 11.8 Å². The Morgan fingerprint density at radius 1 is 1.45 bits per heavy atom. The van der Waals surface area contributed by atoms with Crippen LogP contribution in [0.5, 0.6) is 0 Å². The average molecular weight is 292 g/mol. The van der Waals surface area contributed by atoms with Gasteiger partial charge in [0, 0.05) is 30.4 Å². The van der Waals surface area contributed by atoms with E-state index in [4.69, 9.17) is 5.11 Å². The molecule has 0 bridgehead atoms. The van der Waals surface area contributed by atoms with Crippen molar-refractivity contribution in [1.82, 2.24) is 9.80 Å². The Bertz CT molecular complexity index is 472. The zero-order valence-corrected chi connectivity index (χ0v) is 13.2. The van der Waals surface area contributed by atoms with E-state index < -0.39 is 0 Å². The number of rotatable bonds is 4. The molecule has 1 fully saturated rings. The summed E-state index contributed by atoms with van der Waals surface area (Å²) in [6.07, 6.45) is 3.16. The van der Waals surface area contributed by atoms with E-state index >= 15 is 0 Å². The average Bonchev–Trinajstić information content (AvgIpc) is 2.87. The smallest absolute Gasteiger partial charge is 0.0771 e. The number of piperidine rings is 1. The molecule has 1 aliphatic rings. The second kappa shape index (κ2) is 7.80. The van der Waals surface area contributed by atoms with Gasteiger partial charge in [-0.15, -0.1) is 11.3 Å². The third-order valence-corrected chi connectivity index (χ3v) is 4.69. The van der Waals surface area contributed by atoms with Crippen molar-refractivity contribution in [1.29, 1.82) is 0 Å². The molecule has 1 aromatic heterocycles. The van der Waals surface area contributed by atoms with Gasteiger partial charge >= 0.3 is 0 Å².